The Morgan fingerprint density at radius 3 is 1.90 bits per heavy atom. The Hall–Kier alpha value is -7.14. The van der Waals surface area contributed by atoms with E-state index in [2.05, 4.69) is 52.9 Å². The summed E-state index contributed by atoms with van der Waals surface area (Å²) in [6.45, 7) is 1.08. The molecular weight excluding hydrogens is 781 g/mol. The molecule has 0 spiro atoms. The van der Waals surface area contributed by atoms with E-state index in [1.807, 2.05) is 54.6 Å². The quantitative estimate of drug-likeness (QED) is 0.115. The summed E-state index contributed by atoms with van der Waals surface area (Å²) in [7, 11) is 4.00. The first-order valence-corrected chi connectivity index (χ1v) is 20.1. The first kappa shape index (κ1) is 40.6. The third kappa shape index (κ3) is 8.63. The van der Waals surface area contributed by atoms with E-state index < -0.39 is 24.3 Å². The van der Waals surface area contributed by atoms with Crippen molar-refractivity contribution in [3.63, 3.8) is 0 Å². The molecule has 3 aromatic carbocycles. The van der Waals surface area contributed by atoms with Gasteiger partial charge in [-0.15, -0.1) is 10.2 Å². The van der Waals surface area contributed by atoms with Gasteiger partial charge in [-0.3, -0.25) is 9.59 Å². The molecule has 4 amide bonds. The molecule has 0 aliphatic carbocycles. The van der Waals surface area contributed by atoms with Crippen LogP contribution >= 0.6 is 0 Å². The highest BCUT2D eigenvalue weighted by Crippen LogP contribution is 2.35. The average molecular weight is 827 g/mol. The van der Waals surface area contributed by atoms with E-state index in [0.29, 0.717) is 53.8 Å². The van der Waals surface area contributed by atoms with Crippen LogP contribution in [-0.2, 0) is 23.8 Å². The number of aromatic nitrogens is 6. The van der Waals surface area contributed by atoms with Crippen molar-refractivity contribution in [2.24, 2.45) is 0 Å². The molecule has 314 valence electrons. The van der Waals surface area contributed by atoms with Gasteiger partial charge in [0.25, 0.3) is 5.91 Å². The lowest BCUT2D eigenvalue weighted by molar-refractivity contribution is -0.136. The van der Waals surface area contributed by atoms with Crippen molar-refractivity contribution in [1.82, 2.24) is 50.6 Å². The molecule has 3 aromatic heterocycles. The van der Waals surface area contributed by atoms with E-state index in [9.17, 15) is 19.2 Å². The molecule has 61 heavy (non-hydrogen) atoms. The summed E-state index contributed by atoms with van der Waals surface area (Å²) in [4.78, 5) is 71.1. The normalized spacial score (nSPS) is 17.2. The number of carbonyl (C=O) groups is 4. The summed E-state index contributed by atoms with van der Waals surface area (Å²) in [5, 5.41) is 16.4. The first-order valence-electron chi connectivity index (χ1n) is 20.1. The maximum atomic E-state index is 13.9. The minimum Gasteiger partial charge on any atom is -0.453 e. The van der Waals surface area contributed by atoms with E-state index in [1.165, 1.54) is 21.3 Å². The molecule has 0 saturated carbocycles. The highest BCUT2D eigenvalue weighted by molar-refractivity contribution is 5.90. The minimum absolute atomic E-state index is 0.0201. The number of hydrogen-bond donors (Lipinski definition) is 4. The molecule has 1 unspecified atom stereocenters. The fraction of sp³-hybridized carbons (Fsp3) is 0.318. The van der Waals surface area contributed by atoms with E-state index in [0.717, 1.165) is 46.9 Å². The number of rotatable bonds is 12. The number of likely N-dealkylation sites (tertiary alicyclic amines) is 2. The fourth-order valence-electron chi connectivity index (χ4n) is 8.14. The van der Waals surface area contributed by atoms with Crippen LogP contribution in [0, 0.1) is 0 Å². The van der Waals surface area contributed by atoms with Crippen LogP contribution in [0.3, 0.4) is 0 Å². The van der Waals surface area contributed by atoms with Gasteiger partial charge in [0.2, 0.25) is 5.91 Å². The molecule has 0 radical (unpaired) electrons. The molecule has 2 saturated heterocycles. The lowest BCUT2D eigenvalue weighted by Crippen LogP contribution is -2.50. The van der Waals surface area contributed by atoms with Crippen LogP contribution in [0.2, 0.25) is 0 Å². The number of aromatic amines is 2. The zero-order valence-electron chi connectivity index (χ0n) is 34.0. The summed E-state index contributed by atoms with van der Waals surface area (Å²) in [5.41, 5.74) is 5.32. The van der Waals surface area contributed by atoms with E-state index in [-0.39, 0.29) is 30.5 Å². The highest BCUT2D eigenvalue weighted by Gasteiger charge is 2.38. The van der Waals surface area contributed by atoms with Gasteiger partial charge >= 0.3 is 12.2 Å². The number of ether oxygens (including phenoxy) is 3. The number of nitrogens with one attached hydrogen (secondary N) is 4. The van der Waals surface area contributed by atoms with Gasteiger partial charge in [-0.1, -0.05) is 54.6 Å². The summed E-state index contributed by atoms with van der Waals surface area (Å²) in [6, 6.07) is 22.8. The predicted molar refractivity (Wildman–Crippen MR) is 223 cm³/mol. The van der Waals surface area contributed by atoms with E-state index >= 15 is 0 Å². The standard InChI is InChI=1S/C44H46N10O7/c1-59-25-35(49-43(57)60-2)41(55)53-19-7-11-36(53)39-45-23-33(47-39)30-16-14-27-21-29(15-13-28(27)22-30)31-17-18-32(52-51-31)34-24-46-40(48-34)37-12-8-20-54(37)42(56)38(50-44(58)61-3)26-9-5-4-6-10-26/h4-6,9-10,13-18,21-24,35-38H,7-8,11-12,19-20,25H2,1-3H3,(H,45,47)(H,46,48)(H,49,57)(H,50,58)/t35?,36-,37-,38+/m0/s1. The van der Waals surface area contributed by atoms with Gasteiger partial charge in [-0.25, -0.2) is 19.6 Å². The Bertz CT molecular complexity index is 2520. The van der Waals surface area contributed by atoms with Gasteiger partial charge in [0.1, 0.15) is 29.4 Å². The number of H-pyrrole nitrogens is 2. The van der Waals surface area contributed by atoms with Crippen molar-refractivity contribution in [2.75, 3.05) is 41.0 Å². The van der Waals surface area contributed by atoms with Gasteiger partial charge < -0.3 is 44.6 Å². The lowest BCUT2D eigenvalue weighted by atomic mass is 10.0. The Labute approximate surface area is 351 Å². The van der Waals surface area contributed by atoms with Crippen LogP contribution in [0.4, 0.5) is 9.59 Å². The Morgan fingerprint density at radius 2 is 1.26 bits per heavy atom. The lowest BCUT2D eigenvalue weighted by Gasteiger charge is -2.28. The van der Waals surface area contributed by atoms with E-state index in [1.54, 1.807) is 34.3 Å². The summed E-state index contributed by atoms with van der Waals surface area (Å²) in [6.07, 6.45) is 5.14. The number of methoxy groups -OCH3 is 3. The molecule has 2 aliphatic heterocycles. The second kappa shape index (κ2) is 18.0. The zero-order valence-corrected chi connectivity index (χ0v) is 34.0. The topological polar surface area (TPSA) is 210 Å². The summed E-state index contributed by atoms with van der Waals surface area (Å²) < 4.78 is 14.7. The summed E-state index contributed by atoms with van der Waals surface area (Å²) in [5.74, 6) is 0.815. The molecule has 17 heteroatoms. The molecular formula is C44H46N10O7. The minimum atomic E-state index is -0.905. The van der Waals surface area contributed by atoms with Crippen molar-refractivity contribution in [3.8, 4) is 33.9 Å². The highest BCUT2D eigenvalue weighted by atomic mass is 16.5. The number of carbonyl (C=O) groups excluding carboxylic acids is 4. The third-order valence-corrected chi connectivity index (χ3v) is 11.2. The van der Waals surface area contributed by atoms with Crippen LogP contribution in [-0.4, -0.2) is 111 Å². The second-order valence-electron chi connectivity index (χ2n) is 14.9. The maximum absolute atomic E-state index is 13.9. The average Bonchev–Trinajstić information content (AvgIpc) is 4.15. The van der Waals surface area contributed by atoms with E-state index in [4.69, 9.17) is 14.2 Å². The Balaban J connectivity index is 0.940. The van der Waals surface area contributed by atoms with Crippen molar-refractivity contribution in [1.29, 1.82) is 0 Å². The molecule has 8 rings (SSSR count). The maximum Gasteiger partial charge on any atom is 0.407 e. The van der Waals surface area contributed by atoms with Crippen molar-refractivity contribution < 1.29 is 33.4 Å². The number of imidazole rings is 2. The molecule has 4 atom stereocenters. The molecule has 2 fully saturated rings. The molecule has 2 aliphatic rings. The molecule has 0 bridgehead atoms. The van der Waals surface area contributed by atoms with Crippen LogP contribution in [0.1, 0.15) is 61.0 Å². The van der Waals surface area contributed by atoms with Crippen molar-refractivity contribution in [2.45, 2.75) is 49.9 Å². The Kier molecular flexibility index (Phi) is 12.0. The third-order valence-electron chi connectivity index (χ3n) is 11.2. The molecule has 5 heterocycles. The predicted octanol–water partition coefficient (Wildman–Crippen LogP) is 5.87. The zero-order chi connectivity index (χ0) is 42.5. The monoisotopic (exact) mass is 826 g/mol. The second-order valence-corrected chi connectivity index (χ2v) is 14.9. The summed E-state index contributed by atoms with van der Waals surface area (Å²) >= 11 is 0. The fourth-order valence-corrected chi connectivity index (χ4v) is 8.14. The Morgan fingerprint density at radius 1 is 0.689 bits per heavy atom. The molecule has 6 aromatic rings. The number of amides is 4. The number of alkyl carbamates (subject to hydrolysis) is 2. The van der Waals surface area contributed by atoms with Crippen LogP contribution < -0.4 is 10.6 Å². The van der Waals surface area contributed by atoms with Gasteiger partial charge in [0.15, 0.2) is 0 Å². The SMILES string of the molecule is COCC(NC(=O)OC)C(=O)N1CCC[C@H]1c1ncc(-c2ccc3cc(-c4ccc(-c5cnc([C@@H]6CCCN6C(=O)[C@H](NC(=O)OC)c6ccccc6)[nH]5)nn4)ccc3c2)[nH]1. The first-order chi connectivity index (χ1) is 29.7. The molecule has 17 nitrogen and oxygen atoms in total. The van der Waals surface area contributed by atoms with Crippen LogP contribution in [0.5, 0.6) is 0 Å². The van der Waals surface area contributed by atoms with Crippen molar-refractivity contribution in [3.05, 3.63) is 108 Å². The number of benzene rings is 3. The van der Waals surface area contributed by atoms with Crippen molar-refractivity contribution >= 4 is 34.8 Å². The van der Waals surface area contributed by atoms with Gasteiger partial charge in [-0.2, -0.15) is 0 Å². The largest absolute Gasteiger partial charge is 0.453 e. The van der Waals surface area contributed by atoms with Crippen LogP contribution in [0.15, 0.2) is 91.3 Å². The smallest absolute Gasteiger partial charge is 0.407 e. The number of hydrogen-bond acceptors (Lipinski definition) is 11. The molecule has 4 N–H and O–H groups in total. The van der Waals surface area contributed by atoms with Gasteiger partial charge in [-0.05, 0) is 66.3 Å². The number of fused-ring (bicyclic) bond motifs is 1. The van der Waals surface area contributed by atoms with Crippen LogP contribution in [0.25, 0.3) is 44.7 Å². The van der Waals surface area contributed by atoms with Gasteiger partial charge in [0.05, 0.1) is 62.4 Å². The number of nitrogens with zero attached hydrogens (tertiary/aromatic N) is 6. The van der Waals surface area contributed by atoms with Gasteiger partial charge in [0, 0.05) is 31.3 Å².